The van der Waals surface area contributed by atoms with E-state index in [0.717, 1.165) is 11.9 Å². The number of nitrogens with zero attached hydrogens (tertiary/aromatic N) is 7. The van der Waals surface area contributed by atoms with E-state index in [0.29, 0.717) is 24.7 Å². The molecule has 0 N–H and O–H groups in total. The van der Waals surface area contributed by atoms with Gasteiger partial charge in [0, 0.05) is 50.7 Å². The van der Waals surface area contributed by atoms with Gasteiger partial charge in [-0.1, -0.05) is 6.07 Å². The van der Waals surface area contributed by atoms with Crippen LogP contribution in [0.1, 0.15) is 5.82 Å². The Kier molecular flexibility index (Phi) is 5.18. The Morgan fingerprint density at radius 1 is 1.03 bits per heavy atom. The maximum Gasteiger partial charge on any atom is 0.270 e. The molecule has 1 aromatic carbocycles. The van der Waals surface area contributed by atoms with Crippen LogP contribution in [0.3, 0.4) is 0 Å². The Bertz CT molecular complexity index is 1170. The van der Waals surface area contributed by atoms with Gasteiger partial charge in [-0.3, -0.25) is 14.7 Å². The highest BCUT2D eigenvalue weighted by molar-refractivity contribution is 7.89. The monoisotopic (exact) mass is 429 g/mol. The molecule has 0 spiro atoms. The van der Waals surface area contributed by atoms with Crippen molar-refractivity contribution in [3.05, 3.63) is 64.7 Å². The number of rotatable bonds is 5. The maximum atomic E-state index is 12.9. The molecule has 4 rings (SSSR count). The lowest BCUT2D eigenvalue weighted by atomic mass is 10.3. The highest BCUT2D eigenvalue weighted by atomic mass is 32.2. The smallest absolute Gasteiger partial charge is 0.270 e. The molecule has 12 heteroatoms. The van der Waals surface area contributed by atoms with Gasteiger partial charge in [0.2, 0.25) is 10.0 Å². The van der Waals surface area contributed by atoms with Crippen LogP contribution in [0.25, 0.3) is 5.82 Å². The number of sulfonamides is 1. The first-order valence-electron chi connectivity index (χ1n) is 9.20. The van der Waals surface area contributed by atoms with Crippen LogP contribution in [0.5, 0.6) is 0 Å². The van der Waals surface area contributed by atoms with Crippen molar-refractivity contribution in [1.82, 2.24) is 24.1 Å². The molecule has 156 valence electrons. The van der Waals surface area contributed by atoms with Gasteiger partial charge < -0.3 is 4.90 Å². The number of anilines is 1. The van der Waals surface area contributed by atoms with E-state index < -0.39 is 14.9 Å². The van der Waals surface area contributed by atoms with Gasteiger partial charge in [0.1, 0.15) is 5.82 Å². The molecule has 0 amide bonds. The Balaban J connectivity index is 1.45. The summed E-state index contributed by atoms with van der Waals surface area (Å²) >= 11 is 0. The van der Waals surface area contributed by atoms with Crippen molar-refractivity contribution >= 4 is 21.5 Å². The van der Waals surface area contributed by atoms with Gasteiger partial charge in [-0.15, -0.1) is 10.2 Å². The van der Waals surface area contributed by atoms with Crippen molar-refractivity contribution in [3.63, 3.8) is 0 Å². The number of hydrogen-bond acceptors (Lipinski definition) is 8. The molecule has 1 aliphatic rings. The summed E-state index contributed by atoms with van der Waals surface area (Å²) in [6, 6.07) is 8.78. The molecule has 11 nitrogen and oxygen atoms in total. The van der Waals surface area contributed by atoms with Crippen LogP contribution in [-0.4, -0.2) is 63.6 Å². The number of aryl methyl sites for hydroxylation is 1. The third kappa shape index (κ3) is 3.74. The van der Waals surface area contributed by atoms with E-state index in [-0.39, 0.29) is 23.7 Å². The molecule has 0 radical (unpaired) electrons. The van der Waals surface area contributed by atoms with Crippen LogP contribution in [0.15, 0.2) is 53.7 Å². The summed E-state index contributed by atoms with van der Waals surface area (Å²) in [6.07, 6.45) is 3.49. The topological polar surface area (TPSA) is 127 Å². The molecular weight excluding hydrogens is 410 g/mol. The normalized spacial score (nSPS) is 15.3. The van der Waals surface area contributed by atoms with Gasteiger partial charge in [0.15, 0.2) is 11.6 Å². The van der Waals surface area contributed by atoms with Crippen LogP contribution in [0, 0.1) is 17.0 Å². The standard InChI is InChI=1S/C18H19N7O4S/c1-14-19-7-8-24(14)18-6-5-17(20-21-18)22-9-11-23(12-10-22)30(28,29)16-4-2-3-15(13-16)25(26)27/h2-8,13H,9-12H2,1H3. The lowest BCUT2D eigenvalue weighted by molar-refractivity contribution is -0.385. The highest BCUT2D eigenvalue weighted by Crippen LogP contribution is 2.23. The number of piperazine rings is 1. The van der Waals surface area contributed by atoms with E-state index in [1.54, 1.807) is 12.4 Å². The first-order chi connectivity index (χ1) is 14.4. The zero-order chi connectivity index (χ0) is 21.3. The van der Waals surface area contributed by atoms with Crippen LogP contribution in [-0.2, 0) is 10.0 Å². The van der Waals surface area contributed by atoms with Crippen molar-refractivity contribution in [1.29, 1.82) is 0 Å². The Morgan fingerprint density at radius 3 is 2.33 bits per heavy atom. The Hall–Kier alpha value is -3.38. The molecule has 0 atom stereocenters. The largest absolute Gasteiger partial charge is 0.352 e. The van der Waals surface area contributed by atoms with Crippen LogP contribution < -0.4 is 4.90 Å². The fourth-order valence-corrected chi connectivity index (χ4v) is 4.76. The maximum absolute atomic E-state index is 12.9. The van der Waals surface area contributed by atoms with E-state index in [4.69, 9.17) is 0 Å². The average molecular weight is 429 g/mol. The van der Waals surface area contributed by atoms with E-state index in [1.165, 1.54) is 22.5 Å². The lowest BCUT2D eigenvalue weighted by Gasteiger charge is -2.34. The van der Waals surface area contributed by atoms with Crippen LogP contribution >= 0.6 is 0 Å². The van der Waals surface area contributed by atoms with Crippen molar-refractivity contribution in [3.8, 4) is 5.82 Å². The fourth-order valence-electron chi connectivity index (χ4n) is 3.30. The van der Waals surface area contributed by atoms with Gasteiger partial charge in [0.25, 0.3) is 5.69 Å². The second kappa shape index (κ2) is 7.80. The molecule has 1 aliphatic heterocycles. The van der Waals surface area contributed by atoms with E-state index in [2.05, 4.69) is 15.2 Å². The molecule has 3 heterocycles. The molecule has 0 bridgehead atoms. The van der Waals surface area contributed by atoms with Gasteiger partial charge >= 0.3 is 0 Å². The average Bonchev–Trinajstić information content (AvgIpc) is 3.20. The first kappa shape index (κ1) is 19.9. The number of benzene rings is 1. The molecule has 0 unspecified atom stereocenters. The van der Waals surface area contributed by atoms with E-state index >= 15 is 0 Å². The summed E-state index contributed by atoms with van der Waals surface area (Å²) in [5.41, 5.74) is -0.252. The minimum Gasteiger partial charge on any atom is -0.352 e. The zero-order valence-electron chi connectivity index (χ0n) is 16.1. The first-order valence-corrected chi connectivity index (χ1v) is 10.6. The molecule has 1 fully saturated rings. The summed E-state index contributed by atoms with van der Waals surface area (Å²) in [7, 11) is -3.81. The van der Waals surface area contributed by atoms with Gasteiger partial charge in [-0.05, 0) is 25.1 Å². The van der Waals surface area contributed by atoms with Crippen molar-refractivity contribution in [2.45, 2.75) is 11.8 Å². The molecule has 3 aromatic rings. The quantitative estimate of drug-likeness (QED) is 0.440. The number of hydrogen-bond donors (Lipinski definition) is 0. The summed E-state index contributed by atoms with van der Waals surface area (Å²) in [5.74, 6) is 2.11. The van der Waals surface area contributed by atoms with E-state index in [1.807, 2.05) is 28.5 Å². The second-order valence-corrected chi connectivity index (χ2v) is 8.68. The third-order valence-electron chi connectivity index (χ3n) is 4.94. The predicted octanol–water partition coefficient (Wildman–Crippen LogP) is 1.39. The zero-order valence-corrected chi connectivity index (χ0v) is 16.9. The SMILES string of the molecule is Cc1nccn1-c1ccc(N2CCN(S(=O)(=O)c3cccc([N+](=O)[O-])c3)CC2)nn1. The summed E-state index contributed by atoms with van der Waals surface area (Å²) in [4.78, 5) is 16.4. The number of non-ortho nitro benzene ring substituents is 1. The summed E-state index contributed by atoms with van der Waals surface area (Å²) < 4.78 is 28.9. The molecule has 0 saturated carbocycles. The highest BCUT2D eigenvalue weighted by Gasteiger charge is 2.30. The summed E-state index contributed by atoms with van der Waals surface area (Å²) in [6.45, 7) is 3.24. The fraction of sp³-hybridized carbons (Fsp3) is 0.278. The van der Waals surface area contributed by atoms with Gasteiger partial charge in [-0.25, -0.2) is 13.4 Å². The molecular formula is C18H19N7O4S. The summed E-state index contributed by atoms with van der Waals surface area (Å²) in [5, 5.41) is 19.4. The van der Waals surface area contributed by atoms with Gasteiger partial charge in [0.05, 0.1) is 9.82 Å². The number of nitro groups is 1. The Labute approximate surface area is 172 Å². The van der Waals surface area contributed by atoms with Crippen LogP contribution in [0.2, 0.25) is 0 Å². The second-order valence-electron chi connectivity index (χ2n) is 6.74. The minimum absolute atomic E-state index is 0.0787. The van der Waals surface area contributed by atoms with Crippen molar-refractivity contribution in [2.75, 3.05) is 31.1 Å². The lowest BCUT2D eigenvalue weighted by Crippen LogP contribution is -2.49. The molecule has 2 aromatic heterocycles. The molecule has 0 aliphatic carbocycles. The Morgan fingerprint density at radius 2 is 1.73 bits per heavy atom. The minimum atomic E-state index is -3.81. The number of nitro benzene ring substituents is 1. The third-order valence-corrected chi connectivity index (χ3v) is 6.83. The molecule has 30 heavy (non-hydrogen) atoms. The van der Waals surface area contributed by atoms with Crippen molar-refractivity contribution in [2.24, 2.45) is 0 Å². The van der Waals surface area contributed by atoms with Crippen LogP contribution in [0.4, 0.5) is 11.5 Å². The molecule has 1 saturated heterocycles. The van der Waals surface area contributed by atoms with Crippen molar-refractivity contribution < 1.29 is 13.3 Å². The van der Waals surface area contributed by atoms with E-state index in [9.17, 15) is 18.5 Å². The number of imidazole rings is 1. The number of aromatic nitrogens is 4. The van der Waals surface area contributed by atoms with Gasteiger partial charge in [-0.2, -0.15) is 4.31 Å². The predicted molar refractivity (Wildman–Crippen MR) is 108 cm³/mol.